The summed E-state index contributed by atoms with van der Waals surface area (Å²) in [7, 11) is -9.89. The Kier molecular flexibility index (Phi) is 26.4. The van der Waals surface area contributed by atoms with E-state index in [0.717, 1.165) is 103 Å². The molecule has 2 aromatic carbocycles. The van der Waals surface area contributed by atoms with Gasteiger partial charge in [0.15, 0.2) is 0 Å². The zero-order valence-electron chi connectivity index (χ0n) is 35.7. The smallest absolute Gasteiger partial charge is 0.493 e. The third-order valence-corrected chi connectivity index (χ3v) is 14.2. The van der Waals surface area contributed by atoms with Crippen molar-refractivity contribution >= 4 is 24.1 Å². The molecule has 12 heteroatoms. The minimum atomic E-state index is -4.94. The molecule has 0 saturated heterocycles. The van der Waals surface area contributed by atoms with Crippen LogP contribution >= 0.6 is 0 Å². The van der Waals surface area contributed by atoms with E-state index < -0.39 is 33.8 Å². The number of hydrogen-bond acceptors (Lipinski definition) is 8. The van der Waals surface area contributed by atoms with Crippen molar-refractivity contribution in [3.63, 3.8) is 0 Å². The number of sulfone groups is 2. The van der Waals surface area contributed by atoms with Crippen LogP contribution in [0, 0.1) is 0 Å². The van der Waals surface area contributed by atoms with Crippen LogP contribution in [0.1, 0.15) is 182 Å². The van der Waals surface area contributed by atoms with Gasteiger partial charge in [-0.3, -0.25) is 0 Å². The highest BCUT2D eigenvalue weighted by Crippen LogP contribution is 2.35. The molecule has 0 saturated carbocycles. The van der Waals surface area contributed by atoms with Gasteiger partial charge in [0, 0.05) is 12.1 Å². The molecule has 10 nitrogen and oxygen atoms in total. The summed E-state index contributed by atoms with van der Waals surface area (Å²) in [5.41, 5.74) is 10.2. The van der Waals surface area contributed by atoms with E-state index in [-0.39, 0.29) is 24.7 Å². The minimum Gasteiger partial charge on any atom is -0.493 e. The summed E-state index contributed by atoms with van der Waals surface area (Å²) in [6.07, 6.45) is 25.2. The van der Waals surface area contributed by atoms with Crippen LogP contribution in [-0.4, -0.2) is 52.4 Å². The van der Waals surface area contributed by atoms with Crippen molar-refractivity contribution in [3.8, 4) is 23.0 Å². The fourth-order valence-electron chi connectivity index (χ4n) is 6.54. The quantitative estimate of drug-likeness (QED) is 0.0223. The summed E-state index contributed by atoms with van der Waals surface area (Å²) < 4.78 is 79.7. The van der Waals surface area contributed by atoms with E-state index in [1.54, 1.807) is 0 Å². The SMILES string of the molecule is CCCCCCCCOc1ccc(S(=O)(=O)C(=[N+]=[N-])S(=O)(=O)c2ccc(OCCCCCCCC)cc2OCCCCCCCC)c(OCCCCCCCC)c1. The molecule has 0 N–H and O–H groups in total. The normalized spacial score (nSPS) is 11.6. The van der Waals surface area contributed by atoms with E-state index in [0.29, 0.717) is 37.6 Å². The van der Waals surface area contributed by atoms with E-state index in [1.807, 2.05) is 0 Å². The Bertz CT molecular complexity index is 1540. The van der Waals surface area contributed by atoms with E-state index in [4.69, 9.17) is 18.9 Å². The Morgan fingerprint density at radius 2 is 0.719 bits per heavy atom. The first-order valence-corrected chi connectivity index (χ1v) is 25.1. The topological polar surface area (TPSA) is 142 Å². The van der Waals surface area contributed by atoms with Crippen LogP contribution in [0.25, 0.3) is 5.53 Å². The monoisotopic (exact) mass is 834 g/mol. The summed E-state index contributed by atoms with van der Waals surface area (Å²) in [5, 5.41) is 0. The molecule has 0 radical (unpaired) electrons. The maximum atomic E-state index is 14.3. The molecule has 0 aliphatic heterocycles. The molecule has 0 amide bonds. The molecule has 0 atom stereocenters. The predicted molar refractivity (Wildman–Crippen MR) is 231 cm³/mol. The van der Waals surface area contributed by atoms with Gasteiger partial charge in [-0.1, -0.05) is 156 Å². The molecular weight excluding hydrogens is 761 g/mol. The second-order valence-electron chi connectivity index (χ2n) is 15.1. The summed E-state index contributed by atoms with van der Waals surface area (Å²) in [4.78, 5) is 2.09. The maximum Gasteiger partial charge on any atom is 0.504 e. The molecule has 0 aliphatic rings. The first-order chi connectivity index (χ1) is 27.7. The Balaban J connectivity index is 2.38. The van der Waals surface area contributed by atoms with Crippen LogP contribution in [-0.2, 0) is 19.7 Å². The number of ether oxygens (including phenoxy) is 4. The van der Waals surface area contributed by atoms with Crippen molar-refractivity contribution < 1.29 is 40.6 Å². The maximum absolute atomic E-state index is 14.3. The van der Waals surface area contributed by atoms with E-state index >= 15 is 0 Å². The molecule has 57 heavy (non-hydrogen) atoms. The molecule has 0 spiro atoms. The van der Waals surface area contributed by atoms with Gasteiger partial charge in [0.25, 0.3) is 19.7 Å². The molecule has 0 aliphatic carbocycles. The lowest BCUT2D eigenvalue weighted by atomic mass is 10.1. The number of nitrogens with zero attached hydrogens (tertiary/aromatic N) is 2. The zero-order chi connectivity index (χ0) is 41.6. The Morgan fingerprint density at radius 1 is 0.439 bits per heavy atom. The number of benzene rings is 2. The summed E-state index contributed by atoms with van der Waals surface area (Å²) >= 11 is 0. The summed E-state index contributed by atoms with van der Waals surface area (Å²) in [6.45, 7) is 10.0. The van der Waals surface area contributed by atoms with Crippen LogP contribution < -0.4 is 18.9 Å². The highest BCUT2D eigenvalue weighted by molar-refractivity contribution is 8.31. The van der Waals surface area contributed by atoms with Crippen LogP contribution in [0.5, 0.6) is 23.0 Å². The fraction of sp³-hybridized carbons (Fsp3) is 0.711. The van der Waals surface area contributed by atoms with Crippen molar-refractivity contribution in [2.45, 2.75) is 192 Å². The minimum absolute atomic E-state index is 0.0571. The number of rotatable bonds is 34. The third-order valence-electron chi connectivity index (χ3n) is 9.99. The molecule has 0 bridgehead atoms. The third kappa shape index (κ3) is 19.0. The van der Waals surface area contributed by atoms with Gasteiger partial charge in [0.2, 0.25) is 0 Å². The van der Waals surface area contributed by atoms with Gasteiger partial charge in [0.1, 0.15) is 32.8 Å². The van der Waals surface area contributed by atoms with Crippen LogP contribution in [0.3, 0.4) is 0 Å². The van der Waals surface area contributed by atoms with Crippen molar-refractivity contribution in [3.05, 3.63) is 41.9 Å². The van der Waals surface area contributed by atoms with E-state index in [2.05, 4.69) is 32.5 Å². The van der Waals surface area contributed by atoms with Crippen molar-refractivity contribution in [1.82, 2.24) is 0 Å². The van der Waals surface area contributed by atoms with Crippen molar-refractivity contribution in [2.24, 2.45) is 0 Å². The van der Waals surface area contributed by atoms with Crippen LogP contribution in [0.4, 0.5) is 0 Å². The molecule has 324 valence electrons. The highest BCUT2D eigenvalue weighted by atomic mass is 32.3. The van der Waals surface area contributed by atoms with Gasteiger partial charge >= 0.3 is 4.38 Å². The van der Waals surface area contributed by atoms with Gasteiger partial charge < -0.3 is 24.5 Å². The average Bonchev–Trinajstić information content (AvgIpc) is 3.19. The van der Waals surface area contributed by atoms with Gasteiger partial charge in [-0.25, -0.2) is 16.8 Å². The lowest BCUT2D eigenvalue weighted by Gasteiger charge is -2.15. The number of hydrogen-bond donors (Lipinski definition) is 0. The lowest BCUT2D eigenvalue weighted by Crippen LogP contribution is -2.27. The van der Waals surface area contributed by atoms with Gasteiger partial charge in [-0.2, -0.15) is 0 Å². The fourth-order valence-corrected chi connectivity index (χ4v) is 10.1. The largest absolute Gasteiger partial charge is 0.504 e. The number of unbranched alkanes of at least 4 members (excludes halogenated alkanes) is 20. The molecule has 0 unspecified atom stereocenters. The molecule has 0 fully saturated rings. The molecular formula is C45H74N2O8S2. The van der Waals surface area contributed by atoms with Crippen molar-refractivity contribution in [2.75, 3.05) is 26.4 Å². The molecule has 0 heterocycles. The predicted octanol–water partition coefficient (Wildman–Crippen LogP) is 12.5. The Hall–Kier alpha value is -3.08. The zero-order valence-corrected chi connectivity index (χ0v) is 37.4. The summed E-state index contributed by atoms with van der Waals surface area (Å²) in [5.74, 6) is 0.706. The van der Waals surface area contributed by atoms with Crippen LogP contribution in [0.15, 0.2) is 46.2 Å². The van der Waals surface area contributed by atoms with E-state index in [1.165, 1.54) is 74.9 Å². The molecule has 2 rings (SSSR count). The summed E-state index contributed by atoms with van der Waals surface area (Å²) in [6, 6.07) is 8.44. The standard InChI is InChI=1S/C45H74N2O8S2/c1-5-9-13-17-21-25-33-52-39-29-31-43(41(37-39)54-35-27-23-19-15-11-7-3)56(48,49)45(47-46)57(50,51)44-32-30-40(53-34-26-22-18-14-10-6-2)38-42(44)55-36-28-24-20-16-12-8-4/h29-32,37-38H,5-28,33-36H2,1-4H3. The van der Waals surface area contributed by atoms with E-state index in [9.17, 15) is 22.4 Å². The van der Waals surface area contributed by atoms with Gasteiger partial charge in [-0.05, 0) is 49.9 Å². The Labute approximate surface area is 346 Å². The van der Waals surface area contributed by atoms with Crippen LogP contribution in [0.2, 0.25) is 0 Å². The van der Waals surface area contributed by atoms with Gasteiger partial charge in [0.05, 0.1) is 26.4 Å². The average molecular weight is 835 g/mol. The highest BCUT2D eigenvalue weighted by Gasteiger charge is 2.47. The van der Waals surface area contributed by atoms with Gasteiger partial charge in [-0.15, -0.1) is 4.79 Å². The first kappa shape index (κ1) is 50.1. The molecule has 0 aromatic heterocycles. The second kappa shape index (κ2) is 30.0. The lowest BCUT2D eigenvalue weighted by molar-refractivity contribution is 0.00377. The first-order valence-electron chi connectivity index (χ1n) is 22.2. The Morgan fingerprint density at radius 3 is 1.02 bits per heavy atom. The second-order valence-corrected chi connectivity index (χ2v) is 19.0. The van der Waals surface area contributed by atoms with Crippen molar-refractivity contribution in [1.29, 1.82) is 0 Å². The molecule has 2 aromatic rings.